The van der Waals surface area contributed by atoms with E-state index in [4.69, 9.17) is 15.7 Å². The van der Waals surface area contributed by atoms with Crippen LogP contribution in [0.5, 0.6) is 0 Å². The number of fused-ring (bicyclic) bond motifs is 1. The molecule has 5 nitrogen and oxygen atoms in total. The van der Waals surface area contributed by atoms with Crippen LogP contribution in [0.25, 0.3) is 28.2 Å². The van der Waals surface area contributed by atoms with Crippen molar-refractivity contribution in [2.45, 2.75) is 39.5 Å². The van der Waals surface area contributed by atoms with Gasteiger partial charge in [0.1, 0.15) is 11.3 Å². The normalized spacial score (nSPS) is 11.4. The van der Waals surface area contributed by atoms with Crippen molar-refractivity contribution in [1.29, 1.82) is 0 Å². The van der Waals surface area contributed by atoms with Crippen LogP contribution >= 0.6 is 0 Å². The number of pyridine rings is 2. The van der Waals surface area contributed by atoms with Crippen LogP contribution < -0.4 is 5.73 Å². The molecule has 3 aromatic heterocycles. The largest absolute Gasteiger partial charge is 0.383 e. The lowest BCUT2D eigenvalue weighted by Gasteiger charge is -2.13. The molecule has 0 amide bonds. The molecule has 4 aromatic rings. The van der Waals surface area contributed by atoms with Gasteiger partial charge in [0, 0.05) is 23.5 Å². The topological polar surface area (TPSA) is 69.6 Å². The minimum absolute atomic E-state index is 0.442. The highest BCUT2D eigenvalue weighted by molar-refractivity contribution is 5.82. The predicted molar refractivity (Wildman–Crippen MR) is 115 cm³/mol. The van der Waals surface area contributed by atoms with Gasteiger partial charge in [0.15, 0.2) is 11.5 Å². The Balaban J connectivity index is 2.02. The van der Waals surface area contributed by atoms with Crippen LogP contribution in [0.15, 0.2) is 54.7 Å². The van der Waals surface area contributed by atoms with Crippen molar-refractivity contribution in [1.82, 2.24) is 19.5 Å². The number of hydrogen-bond acceptors (Lipinski definition) is 4. The predicted octanol–water partition coefficient (Wildman–Crippen LogP) is 5.28. The first-order valence-corrected chi connectivity index (χ1v) is 9.79. The van der Waals surface area contributed by atoms with Crippen LogP contribution in [0.1, 0.15) is 43.9 Å². The molecule has 0 aliphatic rings. The number of hydrogen-bond donors (Lipinski definition) is 1. The molecule has 1 aromatic carbocycles. The maximum absolute atomic E-state index is 6.18. The third kappa shape index (κ3) is 3.13. The Hall–Kier alpha value is -3.21. The molecule has 0 unspecified atom stereocenters. The zero-order chi connectivity index (χ0) is 19.7. The summed E-state index contributed by atoms with van der Waals surface area (Å²) in [6, 6.07) is 16.4. The maximum Gasteiger partial charge on any atom is 0.165 e. The van der Waals surface area contributed by atoms with Crippen LogP contribution in [0.4, 0.5) is 5.82 Å². The molecule has 0 saturated heterocycles. The highest BCUT2D eigenvalue weighted by Crippen LogP contribution is 2.31. The van der Waals surface area contributed by atoms with Crippen LogP contribution in [-0.4, -0.2) is 19.5 Å². The van der Waals surface area contributed by atoms with E-state index in [1.807, 2.05) is 12.1 Å². The van der Waals surface area contributed by atoms with Crippen molar-refractivity contribution >= 4 is 17.0 Å². The summed E-state index contributed by atoms with van der Waals surface area (Å²) < 4.78 is 2.09. The van der Waals surface area contributed by atoms with Crippen LogP contribution in [0, 0.1) is 6.92 Å². The molecule has 0 saturated carbocycles. The fourth-order valence-corrected chi connectivity index (χ4v) is 3.63. The van der Waals surface area contributed by atoms with Crippen molar-refractivity contribution in [2.75, 3.05) is 5.73 Å². The van der Waals surface area contributed by atoms with Gasteiger partial charge in [0.2, 0.25) is 0 Å². The molecule has 2 N–H and O–H groups in total. The van der Waals surface area contributed by atoms with E-state index < -0.39 is 0 Å². The van der Waals surface area contributed by atoms with Crippen molar-refractivity contribution < 1.29 is 0 Å². The molecular weight excluding hydrogens is 346 g/mol. The number of nitrogens with zero attached hydrogens (tertiary/aromatic N) is 4. The monoisotopic (exact) mass is 371 g/mol. The van der Waals surface area contributed by atoms with Gasteiger partial charge in [-0.15, -0.1) is 0 Å². The number of imidazole rings is 1. The Kier molecular flexibility index (Phi) is 4.82. The van der Waals surface area contributed by atoms with Gasteiger partial charge in [0.25, 0.3) is 0 Å². The summed E-state index contributed by atoms with van der Waals surface area (Å²) in [6.07, 6.45) is 3.83. The average Bonchev–Trinajstić information content (AvgIpc) is 3.08. The van der Waals surface area contributed by atoms with E-state index >= 15 is 0 Å². The van der Waals surface area contributed by atoms with Gasteiger partial charge in [-0.05, 0) is 56.2 Å². The van der Waals surface area contributed by atoms with E-state index in [0.717, 1.165) is 46.8 Å². The summed E-state index contributed by atoms with van der Waals surface area (Å²) >= 11 is 0. The van der Waals surface area contributed by atoms with E-state index in [9.17, 15) is 0 Å². The number of aryl methyl sites for hydroxylation is 1. The van der Waals surface area contributed by atoms with Crippen LogP contribution in [0.2, 0.25) is 0 Å². The third-order valence-corrected chi connectivity index (χ3v) is 5.30. The molecule has 4 rings (SSSR count). The molecule has 5 heteroatoms. The molecular formula is C23H25N5. The number of rotatable bonds is 5. The second kappa shape index (κ2) is 7.43. The minimum Gasteiger partial charge on any atom is -0.383 e. The van der Waals surface area contributed by atoms with Gasteiger partial charge in [-0.1, -0.05) is 31.5 Å². The zero-order valence-electron chi connectivity index (χ0n) is 16.6. The number of anilines is 1. The molecule has 0 aliphatic heterocycles. The van der Waals surface area contributed by atoms with E-state index in [-0.39, 0.29) is 0 Å². The quantitative estimate of drug-likeness (QED) is 0.518. The van der Waals surface area contributed by atoms with Crippen molar-refractivity contribution in [2.24, 2.45) is 0 Å². The number of nitrogens with two attached hydrogens (primary N) is 1. The molecule has 0 bridgehead atoms. The van der Waals surface area contributed by atoms with Gasteiger partial charge < -0.3 is 5.73 Å². The van der Waals surface area contributed by atoms with E-state index in [2.05, 4.69) is 66.7 Å². The van der Waals surface area contributed by atoms with Crippen LogP contribution in [-0.2, 0) is 0 Å². The molecule has 3 heterocycles. The van der Waals surface area contributed by atoms with Gasteiger partial charge in [-0.2, -0.15) is 0 Å². The minimum atomic E-state index is 0.442. The first-order chi connectivity index (χ1) is 13.6. The van der Waals surface area contributed by atoms with Gasteiger partial charge >= 0.3 is 0 Å². The average molecular weight is 371 g/mol. The Morgan fingerprint density at radius 2 is 1.71 bits per heavy atom. The lowest BCUT2D eigenvalue weighted by atomic mass is 9.99. The second-order valence-electron chi connectivity index (χ2n) is 7.13. The zero-order valence-corrected chi connectivity index (χ0v) is 16.6. The lowest BCUT2D eigenvalue weighted by Crippen LogP contribution is -2.04. The Morgan fingerprint density at radius 1 is 0.964 bits per heavy atom. The Bertz CT molecular complexity index is 1110. The van der Waals surface area contributed by atoms with E-state index in [0.29, 0.717) is 11.7 Å². The fraction of sp³-hybridized carbons (Fsp3) is 0.261. The lowest BCUT2D eigenvalue weighted by molar-refractivity contribution is 0.625. The van der Waals surface area contributed by atoms with E-state index in [1.165, 1.54) is 5.56 Å². The molecule has 0 spiro atoms. The SMILES string of the molecule is CCC(CC)c1ccc2nc(-c3cccnc3N)n(-c3ccc(C)cc3)c2n1. The third-order valence-electron chi connectivity index (χ3n) is 5.30. The molecule has 0 radical (unpaired) electrons. The first-order valence-electron chi connectivity index (χ1n) is 9.79. The summed E-state index contributed by atoms with van der Waals surface area (Å²) in [4.78, 5) is 14.2. The van der Waals surface area contributed by atoms with Gasteiger partial charge in [-0.3, -0.25) is 4.57 Å². The Morgan fingerprint density at radius 3 is 2.39 bits per heavy atom. The standard InChI is InChI=1S/C23H25N5/c1-4-16(5-2)19-12-13-20-23(26-19)28(17-10-8-15(3)9-11-17)22(27-20)18-7-6-14-25-21(18)24/h6-14,16H,4-5H2,1-3H3,(H2,24,25). The van der Waals surface area contributed by atoms with Gasteiger partial charge in [-0.25, -0.2) is 15.0 Å². The van der Waals surface area contributed by atoms with Crippen molar-refractivity contribution in [3.05, 3.63) is 66.0 Å². The number of nitrogen functional groups attached to an aromatic ring is 1. The molecule has 142 valence electrons. The molecule has 0 aliphatic carbocycles. The van der Waals surface area contributed by atoms with Crippen molar-refractivity contribution in [3.8, 4) is 17.1 Å². The molecule has 28 heavy (non-hydrogen) atoms. The van der Waals surface area contributed by atoms with E-state index in [1.54, 1.807) is 6.20 Å². The fourth-order valence-electron chi connectivity index (χ4n) is 3.63. The summed E-state index contributed by atoms with van der Waals surface area (Å²) in [7, 11) is 0. The summed E-state index contributed by atoms with van der Waals surface area (Å²) in [5.74, 6) is 1.67. The second-order valence-corrected chi connectivity index (χ2v) is 7.13. The number of aromatic nitrogens is 4. The van der Waals surface area contributed by atoms with Crippen molar-refractivity contribution in [3.63, 3.8) is 0 Å². The number of benzene rings is 1. The highest BCUT2D eigenvalue weighted by atomic mass is 15.1. The molecule has 0 fully saturated rings. The smallest absolute Gasteiger partial charge is 0.165 e. The van der Waals surface area contributed by atoms with Gasteiger partial charge in [0.05, 0.1) is 5.56 Å². The maximum atomic E-state index is 6.18. The highest BCUT2D eigenvalue weighted by Gasteiger charge is 2.19. The Labute approximate surface area is 165 Å². The van der Waals surface area contributed by atoms with Crippen LogP contribution in [0.3, 0.4) is 0 Å². The summed E-state index contributed by atoms with van der Waals surface area (Å²) in [5.41, 5.74) is 12.0. The summed E-state index contributed by atoms with van der Waals surface area (Å²) in [5, 5.41) is 0. The molecule has 0 atom stereocenters. The summed E-state index contributed by atoms with van der Waals surface area (Å²) in [6.45, 7) is 6.50. The first kappa shape index (κ1) is 18.2.